The van der Waals surface area contributed by atoms with Gasteiger partial charge >= 0.3 is 0 Å². The van der Waals surface area contributed by atoms with Crippen molar-refractivity contribution in [1.29, 1.82) is 0 Å². The van der Waals surface area contributed by atoms with Crippen molar-refractivity contribution in [2.24, 2.45) is 5.92 Å². The van der Waals surface area contributed by atoms with Gasteiger partial charge in [-0.2, -0.15) is 8.42 Å². The van der Waals surface area contributed by atoms with E-state index in [1.54, 1.807) is 36.4 Å². The third-order valence-corrected chi connectivity index (χ3v) is 4.91. The summed E-state index contributed by atoms with van der Waals surface area (Å²) in [6.45, 7) is 5.57. The third-order valence-electron chi connectivity index (χ3n) is 3.61. The second-order valence-electron chi connectivity index (χ2n) is 6.05. The number of hydrogen-bond donors (Lipinski definition) is 0. The van der Waals surface area contributed by atoms with Crippen molar-refractivity contribution in [2.45, 2.75) is 25.7 Å². The lowest BCUT2D eigenvalue weighted by Crippen LogP contribution is -2.18. The molecule has 0 amide bonds. The van der Waals surface area contributed by atoms with E-state index < -0.39 is 10.1 Å². The van der Waals surface area contributed by atoms with Gasteiger partial charge in [0.2, 0.25) is 0 Å². The smallest absolute Gasteiger partial charge is 0.296 e. The summed E-state index contributed by atoms with van der Waals surface area (Å²) in [5.74, 6) is 0.501. The van der Waals surface area contributed by atoms with E-state index in [1.165, 1.54) is 19.1 Å². The van der Waals surface area contributed by atoms with Crippen molar-refractivity contribution in [3.63, 3.8) is 0 Å². The van der Waals surface area contributed by atoms with Gasteiger partial charge in [0.15, 0.2) is 5.78 Å². The molecule has 0 heterocycles. The molecule has 0 aromatic heterocycles. The number of rotatable bonds is 8. The zero-order valence-electron chi connectivity index (χ0n) is 14.6. The molecule has 0 N–H and O–H groups in total. The Morgan fingerprint density at radius 1 is 1.00 bits per heavy atom. The van der Waals surface area contributed by atoms with Crippen molar-refractivity contribution in [3.05, 3.63) is 59.7 Å². The molecule has 0 aliphatic heterocycles. The van der Waals surface area contributed by atoms with Crippen LogP contribution in [0.3, 0.4) is 0 Å². The van der Waals surface area contributed by atoms with E-state index in [2.05, 4.69) is 0 Å². The Labute approximate surface area is 148 Å². The lowest BCUT2D eigenvalue weighted by Gasteiger charge is -2.14. The Morgan fingerprint density at radius 3 is 2.16 bits per heavy atom. The lowest BCUT2D eigenvalue weighted by molar-refractivity contribution is 0.101. The lowest BCUT2D eigenvalue weighted by atomic mass is 10.1. The van der Waals surface area contributed by atoms with Gasteiger partial charge in [-0.25, -0.2) is 0 Å². The largest absolute Gasteiger partial charge is 0.493 e. The van der Waals surface area contributed by atoms with Crippen LogP contribution in [-0.2, 0) is 14.3 Å². The number of carbonyl (C=O) groups excluding carboxylic acids is 1. The van der Waals surface area contributed by atoms with Crippen molar-refractivity contribution in [3.8, 4) is 5.75 Å². The molecule has 0 radical (unpaired) electrons. The van der Waals surface area contributed by atoms with Crippen molar-refractivity contribution in [1.82, 2.24) is 0 Å². The van der Waals surface area contributed by atoms with Gasteiger partial charge < -0.3 is 4.74 Å². The van der Waals surface area contributed by atoms with Gasteiger partial charge in [0.05, 0.1) is 18.1 Å². The first-order valence-electron chi connectivity index (χ1n) is 7.98. The molecule has 0 fully saturated rings. The highest BCUT2D eigenvalue weighted by Crippen LogP contribution is 2.16. The van der Waals surface area contributed by atoms with Crippen LogP contribution in [0.5, 0.6) is 5.75 Å². The summed E-state index contributed by atoms with van der Waals surface area (Å²) in [5, 5.41) is 0. The van der Waals surface area contributed by atoms with Gasteiger partial charge in [0, 0.05) is 11.5 Å². The Morgan fingerprint density at radius 2 is 1.60 bits per heavy atom. The zero-order chi connectivity index (χ0) is 18.4. The molecule has 0 aliphatic rings. The average molecular weight is 362 g/mol. The second-order valence-corrected chi connectivity index (χ2v) is 7.66. The Balaban J connectivity index is 1.84. The van der Waals surface area contributed by atoms with E-state index in [4.69, 9.17) is 8.92 Å². The maximum atomic E-state index is 12.1. The summed E-state index contributed by atoms with van der Waals surface area (Å²) in [4.78, 5) is 11.4. The summed E-state index contributed by atoms with van der Waals surface area (Å²) in [6, 6.07) is 13.3. The van der Waals surface area contributed by atoms with Crippen molar-refractivity contribution >= 4 is 15.9 Å². The van der Waals surface area contributed by atoms with Crippen LogP contribution in [0.4, 0.5) is 0 Å². The molecule has 0 saturated heterocycles. The Kier molecular flexibility index (Phi) is 6.33. The van der Waals surface area contributed by atoms with Crippen LogP contribution in [0.1, 0.15) is 29.8 Å². The highest BCUT2D eigenvalue weighted by Gasteiger charge is 2.17. The van der Waals surface area contributed by atoms with E-state index in [0.29, 0.717) is 17.9 Å². The van der Waals surface area contributed by atoms with E-state index in [-0.39, 0.29) is 23.2 Å². The molecule has 0 unspecified atom stereocenters. The maximum absolute atomic E-state index is 12.1. The molecular formula is C19H22O5S. The molecular weight excluding hydrogens is 340 g/mol. The van der Waals surface area contributed by atoms with Crippen LogP contribution in [0.25, 0.3) is 0 Å². The first kappa shape index (κ1) is 19.1. The molecule has 0 bridgehead atoms. The van der Waals surface area contributed by atoms with Crippen LogP contribution in [0, 0.1) is 12.8 Å². The number of carbonyl (C=O) groups is 1. The van der Waals surface area contributed by atoms with Gasteiger partial charge in [-0.1, -0.05) is 24.6 Å². The van der Waals surface area contributed by atoms with E-state index in [9.17, 15) is 13.2 Å². The van der Waals surface area contributed by atoms with Crippen LogP contribution < -0.4 is 4.74 Å². The van der Waals surface area contributed by atoms with E-state index in [0.717, 1.165) is 5.56 Å². The predicted molar refractivity (Wildman–Crippen MR) is 95.4 cm³/mol. The van der Waals surface area contributed by atoms with Crippen LogP contribution in [-0.4, -0.2) is 27.4 Å². The fourth-order valence-corrected chi connectivity index (χ4v) is 3.07. The molecule has 5 nitrogen and oxygen atoms in total. The van der Waals surface area contributed by atoms with Gasteiger partial charge in [-0.05, 0) is 50.2 Å². The molecule has 6 heteroatoms. The molecule has 134 valence electrons. The van der Waals surface area contributed by atoms with Crippen LogP contribution >= 0.6 is 0 Å². The normalized spacial score (nSPS) is 12.6. The molecule has 25 heavy (non-hydrogen) atoms. The summed E-state index contributed by atoms with van der Waals surface area (Å²) < 4.78 is 35.0. The van der Waals surface area contributed by atoms with E-state index >= 15 is 0 Å². The molecule has 0 saturated carbocycles. The van der Waals surface area contributed by atoms with Crippen molar-refractivity contribution in [2.75, 3.05) is 13.2 Å². The minimum atomic E-state index is -3.76. The van der Waals surface area contributed by atoms with Gasteiger partial charge in [0.25, 0.3) is 10.1 Å². The summed E-state index contributed by atoms with van der Waals surface area (Å²) >= 11 is 0. The Bertz CT molecular complexity index is 808. The van der Waals surface area contributed by atoms with Gasteiger partial charge in [0.1, 0.15) is 5.75 Å². The predicted octanol–water partition coefficient (Wildman–Crippen LogP) is 3.62. The van der Waals surface area contributed by atoms with Crippen molar-refractivity contribution < 1.29 is 22.1 Å². The number of Topliss-reactive ketones (excluding diaryl/α,β-unsaturated/α-hetero) is 1. The SMILES string of the molecule is CC(=O)c1ccc(OC[C@@H](C)COS(=O)(=O)c2ccc(C)cc2)cc1. The second kappa shape index (κ2) is 8.27. The average Bonchev–Trinajstić information content (AvgIpc) is 2.59. The fourth-order valence-electron chi connectivity index (χ4n) is 2.05. The fraction of sp³-hybridized carbons (Fsp3) is 0.316. The molecule has 2 aromatic rings. The monoisotopic (exact) mass is 362 g/mol. The number of hydrogen-bond acceptors (Lipinski definition) is 5. The topological polar surface area (TPSA) is 69.7 Å². The number of benzene rings is 2. The minimum Gasteiger partial charge on any atom is -0.493 e. The number of ether oxygens (including phenoxy) is 1. The molecule has 2 aromatic carbocycles. The molecule has 1 atom stereocenters. The van der Waals surface area contributed by atoms with Gasteiger partial charge in [-0.15, -0.1) is 0 Å². The highest BCUT2D eigenvalue weighted by molar-refractivity contribution is 7.86. The first-order valence-corrected chi connectivity index (χ1v) is 9.38. The number of aryl methyl sites for hydroxylation is 1. The molecule has 2 rings (SSSR count). The third kappa shape index (κ3) is 5.69. The summed E-state index contributed by atoms with van der Waals surface area (Å²) in [7, 11) is -3.76. The van der Waals surface area contributed by atoms with Gasteiger partial charge in [-0.3, -0.25) is 8.98 Å². The number of ketones is 1. The first-order chi connectivity index (χ1) is 11.8. The standard InChI is InChI=1S/C19H22O5S/c1-14-4-10-19(11-5-14)25(21,22)24-13-15(2)12-23-18-8-6-17(7-9-18)16(3)20/h4-11,15H,12-13H2,1-3H3/t15-/m1/s1. The van der Waals surface area contributed by atoms with Crippen LogP contribution in [0.2, 0.25) is 0 Å². The summed E-state index contributed by atoms with van der Waals surface area (Å²) in [6.07, 6.45) is 0. The van der Waals surface area contributed by atoms with E-state index in [1.807, 2.05) is 13.8 Å². The molecule has 0 aliphatic carbocycles. The van der Waals surface area contributed by atoms with Crippen LogP contribution in [0.15, 0.2) is 53.4 Å². The summed E-state index contributed by atoms with van der Waals surface area (Å²) in [5.41, 5.74) is 1.60. The highest BCUT2D eigenvalue weighted by atomic mass is 32.2. The quantitative estimate of drug-likeness (QED) is 0.530. The zero-order valence-corrected chi connectivity index (χ0v) is 15.4. The maximum Gasteiger partial charge on any atom is 0.296 e. The molecule has 0 spiro atoms. The minimum absolute atomic E-state index is 0.00497. The Hall–Kier alpha value is -2.18.